The minimum atomic E-state index is -0.324. The first-order chi connectivity index (χ1) is 8.70. The van der Waals surface area contributed by atoms with Gasteiger partial charge in [-0.3, -0.25) is 4.90 Å². The first-order valence-corrected chi connectivity index (χ1v) is 6.97. The number of hydrogen-bond acceptors (Lipinski definition) is 2. The van der Waals surface area contributed by atoms with Crippen LogP contribution in [-0.2, 0) is 6.54 Å². The van der Waals surface area contributed by atoms with E-state index in [0.717, 1.165) is 38.2 Å². The van der Waals surface area contributed by atoms with Gasteiger partial charge in [0, 0.05) is 19.1 Å². The standard InChI is InChI=1S/C14H20ClFN2.ClH/c1-2-7-18(12-5-6-17-9-12)10-11-3-4-13(15)14(16)8-11;/h3-4,8,12,17H,2,5-7,9-10H2,1H3;1H. The van der Waals surface area contributed by atoms with Crippen molar-refractivity contribution in [2.24, 2.45) is 0 Å². The van der Waals surface area contributed by atoms with Gasteiger partial charge in [-0.15, -0.1) is 12.4 Å². The van der Waals surface area contributed by atoms with Gasteiger partial charge in [0.2, 0.25) is 0 Å². The minimum absolute atomic E-state index is 0. The summed E-state index contributed by atoms with van der Waals surface area (Å²) in [7, 11) is 0. The molecule has 2 rings (SSSR count). The fourth-order valence-corrected chi connectivity index (χ4v) is 2.62. The van der Waals surface area contributed by atoms with E-state index in [9.17, 15) is 4.39 Å². The number of halogens is 3. The van der Waals surface area contributed by atoms with E-state index in [1.165, 1.54) is 6.42 Å². The van der Waals surface area contributed by atoms with Crippen molar-refractivity contribution in [3.8, 4) is 0 Å². The molecule has 108 valence electrons. The maximum absolute atomic E-state index is 13.4. The molecule has 1 aliphatic heterocycles. The van der Waals surface area contributed by atoms with E-state index in [-0.39, 0.29) is 23.2 Å². The Morgan fingerprint density at radius 1 is 1.47 bits per heavy atom. The third-order valence-electron chi connectivity index (χ3n) is 3.43. The van der Waals surface area contributed by atoms with Crippen LogP contribution in [0, 0.1) is 5.82 Å². The van der Waals surface area contributed by atoms with E-state index in [1.54, 1.807) is 12.1 Å². The molecule has 1 heterocycles. The van der Waals surface area contributed by atoms with Crippen LogP contribution in [0.2, 0.25) is 5.02 Å². The van der Waals surface area contributed by atoms with Gasteiger partial charge in [0.15, 0.2) is 0 Å². The molecule has 1 aromatic rings. The van der Waals surface area contributed by atoms with Gasteiger partial charge < -0.3 is 5.32 Å². The molecule has 1 saturated heterocycles. The Bertz CT molecular complexity index is 395. The summed E-state index contributed by atoms with van der Waals surface area (Å²) in [5.74, 6) is -0.324. The molecule has 1 N–H and O–H groups in total. The average molecular weight is 307 g/mol. The molecule has 0 spiro atoms. The van der Waals surface area contributed by atoms with Gasteiger partial charge >= 0.3 is 0 Å². The molecular formula is C14H21Cl2FN2. The molecule has 1 fully saturated rings. The third kappa shape index (κ3) is 4.60. The Morgan fingerprint density at radius 3 is 2.84 bits per heavy atom. The third-order valence-corrected chi connectivity index (χ3v) is 3.74. The van der Waals surface area contributed by atoms with Crippen LogP contribution in [0.4, 0.5) is 4.39 Å². The van der Waals surface area contributed by atoms with Crippen molar-refractivity contribution in [1.82, 2.24) is 10.2 Å². The van der Waals surface area contributed by atoms with Gasteiger partial charge in [0.1, 0.15) is 5.82 Å². The van der Waals surface area contributed by atoms with Crippen molar-refractivity contribution in [2.45, 2.75) is 32.4 Å². The number of rotatable bonds is 5. The maximum Gasteiger partial charge on any atom is 0.142 e. The van der Waals surface area contributed by atoms with Crippen molar-refractivity contribution in [2.75, 3.05) is 19.6 Å². The second-order valence-electron chi connectivity index (χ2n) is 4.87. The van der Waals surface area contributed by atoms with E-state index >= 15 is 0 Å². The Balaban J connectivity index is 0.00000180. The first-order valence-electron chi connectivity index (χ1n) is 6.59. The van der Waals surface area contributed by atoms with Gasteiger partial charge in [-0.1, -0.05) is 24.6 Å². The molecule has 1 aromatic carbocycles. The molecule has 0 bridgehead atoms. The normalized spacial score (nSPS) is 18.6. The highest BCUT2D eigenvalue weighted by Gasteiger charge is 2.21. The minimum Gasteiger partial charge on any atom is -0.315 e. The Kier molecular flexibility index (Phi) is 7.08. The zero-order valence-electron chi connectivity index (χ0n) is 11.2. The summed E-state index contributed by atoms with van der Waals surface area (Å²) in [5.41, 5.74) is 0.997. The summed E-state index contributed by atoms with van der Waals surface area (Å²) in [6.07, 6.45) is 2.29. The van der Waals surface area contributed by atoms with E-state index in [4.69, 9.17) is 11.6 Å². The second-order valence-corrected chi connectivity index (χ2v) is 5.27. The lowest BCUT2D eigenvalue weighted by Gasteiger charge is -2.28. The van der Waals surface area contributed by atoms with Crippen LogP contribution >= 0.6 is 24.0 Å². The summed E-state index contributed by atoms with van der Waals surface area (Å²) in [5, 5.41) is 3.58. The van der Waals surface area contributed by atoms with E-state index in [0.29, 0.717) is 6.04 Å². The van der Waals surface area contributed by atoms with Crippen molar-refractivity contribution in [3.63, 3.8) is 0 Å². The molecule has 0 aromatic heterocycles. The molecule has 1 atom stereocenters. The molecule has 0 aliphatic carbocycles. The van der Waals surface area contributed by atoms with Crippen molar-refractivity contribution in [3.05, 3.63) is 34.6 Å². The zero-order chi connectivity index (χ0) is 13.0. The molecule has 0 amide bonds. The van der Waals surface area contributed by atoms with Crippen molar-refractivity contribution < 1.29 is 4.39 Å². The second kappa shape index (κ2) is 8.05. The maximum atomic E-state index is 13.4. The number of hydrogen-bond donors (Lipinski definition) is 1. The van der Waals surface area contributed by atoms with E-state index in [2.05, 4.69) is 17.1 Å². The molecule has 2 nitrogen and oxygen atoms in total. The largest absolute Gasteiger partial charge is 0.315 e. The highest BCUT2D eigenvalue weighted by Crippen LogP contribution is 2.19. The summed E-state index contributed by atoms with van der Waals surface area (Å²) in [4.78, 5) is 2.43. The van der Waals surface area contributed by atoms with E-state index < -0.39 is 0 Å². The number of benzene rings is 1. The van der Waals surface area contributed by atoms with Crippen LogP contribution in [0.3, 0.4) is 0 Å². The molecule has 5 heteroatoms. The van der Waals surface area contributed by atoms with Crippen LogP contribution in [0.25, 0.3) is 0 Å². The predicted molar refractivity (Wildman–Crippen MR) is 80.6 cm³/mol. The fourth-order valence-electron chi connectivity index (χ4n) is 2.50. The average Bonchev–Trinajstić information content (AvgIpc) is 2.87. The fraction of sp³-hybridized carbons (Fsp3) is 0.571. The Labute approximate surface area is 125 Å². The van der Waals surface area contributed by atoms with Crippen LogP contribution in [0.15, 0.2) is 18.2 Å². The summed E-state index contributed by atoms with van der Waals surface area (Å²) in [6.45, 7) is 6.15. The van der Waals surface area contributed by atoms with Crippen LogP contribution in [0.1, 0.15) is 25.3 Å². The first kappa shape index (κ1) is 16.7. The Morgan fingerprint density at radius 2 is 2.26 bits per heavy atom. The number of nitrogens with zero attached hydrogens (tertiary/aromatic N) is 1. The molecule has 0 radical (unpaired) electrons. The smallest absolute Gasteiger partial charge is 0.142 e. The van der Waals surface area contributed by atoms with Crippen molar-refractivity contribution in [1.29, 1.82) is 0 Å². The zero-order valence-corrected chi connectivity index (χ0v) is 12.7. The molecule has 1 aliphatic rings. The van der Waals surface area contributed by atoms with Crippen LogP contribution in [0.5, 0.6) is 0 Å². The molecule has 1 unspecified atom stereocenters. The summed E-state index contributed by atoms with van der Waals surface area (Å²) >= 11 is 5.71. The van der Waals surface area contributed by atoms with Gasteiger partial charge in [0.25, 0.3) is 0 Å². The van der Waals surface area contributed by atoms with Gasteiger partial charge in [-0.25, -0.2) is 4.39 Å². The lowest BCUT2D eigenvalue weighted by atomic mass is 10.1. The lowest BCUT2D eigenvalue weighted by molar-refractivity contribution is 0.199. The van der Waals surface area contributed by atoms with Gasteiger partial charge in [0.05, 0.1) is 5.02 Å². The number of nitrogens with one attached hydrogen (secondary N) is 1. The predicted octanol–water partition coefficient (Wildman–Crippen LogP) is 3.47. The van der Waals surface area contributed by atoms with Crippen LogP contribution in [-0.4, -0.2) is 30.6 Å². The van der Waals surface area contributed by atoms with Crippen LogP contribution < -0.4 is 5.32 Å². The van der Waals surface area contributed by atoms with E-state index in [1.807, 2.05) is 6.07 Å². The topological polar surface area (TPSA) is 15.3 Å². The Hall–Kier alpha value is -0.350. The highest BCUT2D eigenvalue weighted by molar-refractivity contribution is 6.30. The molecular weight excluding hydrogens is 286 g/mol. The van der Waals surface area contributed by atoms with Gasteiger partial charge in [-0.2, -0.15) is 0 Å². The van der Waals surface area contributed by atoms with Crippen molar-refractivity contribution >= 4 is 24.0 Å². The highest BCUT2D eigenvalue weighted by atomic mass is 35.5. The SMILES string of the molecule is CCCN(Cc1ccc(Cl)c(F)c1)C1CCNC1.Cl. The molecule has 19 heavy (non-hydrogen) atoms. The monoisotopic (exact) mass is 306 g/mol. The van der Waals surface area contributed by atoms with Gasteiger partial charge in [-0.05, 0) is 43.6 Å². The summed E-state index contributed by atoms with van der Waals surface area (Å²) < 4.78 is 13.4. The quantitative estimate of drug-likeness (QED) is 0.896. The molecule has 0 saturated carbocycles. The lowest BCUT2D eigenvalue weighted by Crippen LogP contribution is -2.36. The summed E-state index contributed by atoms with van der Waals surface area (Å²) in [6, 6.07) is 5.68.